The minimum absolute atomic E-state index is 0.0480. The molecule has 4 N–H and O–H groups in total. The van der Waals surface area contributed by atoms with Crippen LogP contribution in [0.4, 0.5) is 0 Å². The summed E-state index contributed by atoms with van der Waals surface area (Å²) in [6.45, 7) is 0.158. The average Bonchev–Trinajstić information content (AvgIpc) is 2.27. The second-order valence-electron chi connectivity index (χ2n) is 3.03. The van der Waals surface area contributed by atoms with Crippen molar-refractivity contribution >= 4 is 5.97 Å². The van der Waals surface area contributed by atoms with Gasteiger partial charge in [-0.15, -0.1) is 0 Å². The Labute approximate surface area is 87.9 Å². The molecule has 0 aromatic heterocycles. The molecule has 82 valence electrons. The van der Waals surface area contributed by atoms with Gasteiger partial charge >= 0.3 is 5.97 Å². The van der Waals surface area contributed by atoms with Crippen molar-refractivity contribution in [2.75, 3.05) is 6.61 Å². The highest BCUT2D eigenvalue weighted by Crippen LogP contribution is 2.01. The summed E-state index contributed by atoms with van der Waals surface area (Å²) in [5.41, 5.74) is 6.32. The Morgan fingerprint density at radius 1 is 1.33 bits per heavy atom. The molecule has 0 saturated heterocycles. The van der Waals surface area contributed by atoms with Crippen molar-refractivity contribution in [2.24, 2.45) is 11.6 Å². The lowest BCUT2D eigenvalue weighted by atomic mass is 10.2. The van der Waals surface area contributed by atoms with Gasteiger partial charge in [-0.05, 0) is 5.56 Å². The summed E-state index contributed by atoms with van der Waals surface area (Å²) in [4.78, 5) is 15.5. The van der Waals surface area contributed by atoms with Gasteiger partial charge in [-0.3, -0.25) is 4.79 Å². The van der Waals surface area contributed by atoms with E-state index in [-0.39, 0.29) is 13.2 Å². The first kappa shape index (κ1) is 11.6. The third-order valence-corrected chi connectivity index (χ3v) is 1.80. The third-order valence-electron chi connectivity index (χ3n) is 1.80. The monoisotopic (exact) mass is 210 g/mol. The summed E-state index contributed by atoms with van der Waals surface area (Å²) in [5.74, 6) is 4.26. The summed E-state index contributed by atoms with van der Waals surface area (Å²) in [6, 6.07) is 8.51. The zero-order valence-electron chi connectivity index (χ0n) is 8.26. The van der Waals surface area contributed by atoms with Crippen molar-refractivity contribution in [3.8, 4) is 0 Å². The SMILES string of the molecule is NOCC(N)C(=O)OCc1ccccc1. The van der Waals surface area contributed by atoms with Crippen LogP contribution in [0, 0.1) is 0 Å². The first-order valence-electron chi connectivity index (χ1n) is 4.52. The van der Waals surface area contributed by atoms with Crippen molar-refractivity contribution in [2.45, 2.75) is 12.6 Å². The number of benzene rings is 1. The van der Waals surface area contributed by atoms with E-state index in [0.29, 0.717) is 0 Å². The van der Waals surface area contributed by atoms with Gasteiger partial charge in [-0.25, -0.2) is 5.90 Å². The Morgan fingerprint density at radius 3 is 2.60 bits per heavy atom. The number of hydrogen-bond donors (Lipinski definition) is 2. The van der Waals surface area contributed by atoms with Crippen LogP contribution in [0.5, 0.6) is 0 Å². The number of ether oxygens (including phenoxy) is 1. The molecular formula is C10H14N2O3. The van der Waals surface area contributed by atoms with E-state index in [2.05, 4.69) is 4.84 Å². The molecule has 1 aromatic carbocycles. The Bertz CT molecular complexity index is 303. The summed E-state index contributed by atoms with van der Waals surface area (Å²) in [5, 5.41) is 0. The van der Waals surface area contributed by atoms with Crippen LogP contribution in [-0.2, 0) is 21.0 Å². The average molecular weight is 210 g/mol. The van der Waals surface area contributed by atoms with Gasteiger partial charge in [-0.1, -0.05) is 30.3 Å². The molecule has 0 radical (unpaired) electrons. The lowest BCUT2D eigenvalue weighted by Crippen LogP contribution is -2.37. The van der Waals surface area contributed by atoms with E-state index in [1.54, 1.807) is 0 Å². The quantitative estimate of drug-likeness (QED) is 0.525. The van der Waals surface area contributed by atoms with E-state index in [4.69, 9.17) is 16.4 Å². The van der Waals surface area contributed by atoms with Gasteiger partial charge in [0.15, 0.2) is 0 Å². The zero-order chi connectivity index (χ0) is 11.1. The highest BCUT2D eigenvalue weighted by atomic mass is 16.6. The van der Waals surface area contributed by atoms with Gasteiger partial charge < -0.3 is 15.3 Å². The number of esters is 1. The molecule has 0 aliphatic heterocycles. The molecule has 1 unspecified atom stereocenters. The Balaban J connectivity index is 2.34. The van der Waals surface area contributed by atoms with Gasteiger partial charge in [0, 0.05) is 0 Å². The maximum atomic E-state index is 11.2. The Hall–Kier alpha value is -1.43. The molecule has 0 heterocycles. The first-order chi connectivity index (χ1) is 7.24. The number of hydrogen-bond acceptors (Lipinski definition) is 5. The molecule has 1 rings (SSSR count). The summed E-state index contributed by atoms with van der Waals surface area (Å²) in [7, 11) is 0. The van der Waals surface area contributed by atoms with Crippen LogP contribution in [-0.4, -0.2) is 18.6 Å². The topological polar surface area (TPSA) is 87.6 Å². The van der Waals surface area contributed by atoms with Crippen molar-refractivity contribution < 1.29 is 14.4 Å². The van der Waals surface area contributed by atoms with Gasteiger partial charge in [0.1, 0.15) is 12.6 Å². The van der Waals surface area contributed by atoms with Gasteiger partial charge in [0.25, 0.3) is 0 Å². The largest absolute Gasteiger partial charge is 0.460 e. The Morgan fingerprint density at radius 2 is 2.00 bits per heavy atom. The second-order valence-corrected chi connectivity index (χ2v) is 3.03. The number of nitrogens with two attached hydrogens (primary N) is 2. The fourth-order valence-electron chi connectivity index (χ4n) is 1.01. The summed E-state index contributed by atoms with van der Waals surface area (Å²) >= 11 is 0. The normalized spacial score (nSPS) is 12.1. The molecule has 0 amide bonds. The molecule has 1 atom stereocenters. The van der Waals surface area contributed by atoms with E-state index in [1.807, 2.05) is 30.3 Å². The predicted octanol–water partition coefficient (Wildman–Crippen LogP) is -0.0526. The van der Waals surface area contributed by atoms with Gasteiger partial charge in [0.05, 0.1) is 6.61 Å². The van der Waals surface area contributed by atoms with E-state index >= 15 is 0 Å². The Kier molecular flexibility index (Phi) is 4.76. The number of carbonyl (C=O) groups excluding carboxylic acids is 1. The van der Waals surface area contributed by atoms with Crippen LogP contribution in [0.2, 0.25) is 0 Å². The van der Waals surface area contributed by atoms with E-state index in [0.717, 1.165) is 5.56 Å². The van der Waals surface area contributed by atoms with Crippen LogP contribution < -0.4 is 11.6 Å². The summed E-state index contributed by atoms with van der Waals surface area (Å²) < 4.78 is 4.94. The minimum atomic E-state index is -0.835. The maximum Gasteiger partial charge on any atom is 0.325 e. The molecule has 0 aliphatic carbocycles. The van der Waals surface area contributed by atoms with Crippen molar-refractivity contribution in [1.29, 1.82) is 0 Å². The minimum Gasteiger partial charge on any atom is -0.460 e. The third kappa shape index (κ3) is 4.07. The fraction of sp³-hybridized carbons (Fsp3) is 0.300. The zero-order valence-corrected chi connectivity index (χ0v) is 8.26. The highest BCUT2D eigenvalue weighted by Gasteiger charge is 2.14. The lowest BCUT2D eigenvalue weighted by molar-refractivity contribution is -0.148. The maximum absolute atomic E-state index is 11.2. The van der Waals surface area contributed by atoms with Gasteiger partial charge in [-0.2, -0.15) is 0 Å². The van der Waals surface area contributed by atoms with Crippen molar-refractivity contribution in [1.82, 2.24) is 0 Å². The molecule has 1 aromatic rings. The van der Waals surface area contributed by atoms with Crippen LogP contribution in [0.1, 0.15) is 5.56 Å². The molecule has 5 heteroatoms. The molecule has 0 bridgehead atoms. The molecule has 0 spiro atoms. The van der Waals surface area contributed by atoms with Crippen LogP contribution in [0.25, 0.3) is 0 Å². The standard InChI is InChI=1S/C10H14N2O3/c11-9(7-15-12)10(13)14-6-8-4-2-1-3-5-8/h1-5,9H,6-7,11-12H2. The lowest BCUT2D eigenvalue weighted by Gasteiger charge is -2.09. The molecule has 15 heavy (non-hydrogen) atoms. The number of rotatable bonds is 5. The van der Waals surface area contributed by atoms with Gasteiger partial charge in [0.2, 0.25) is 0 Å². The van der Waals surface area contributed by atoms with Crippen LogP contribution in [0.3, 0.4) is 0 Å². The van der Waals surface area contributed by atoms with Crippen molar-refractivity contribution in [3.05, 3.63) is 35.9 Å². The second kappa shape index (κ2) is 6.13. The van der Waals surface area contributed by atoms with Crippen molar-refractivity contribution in [3.63, 3.8) is 0 Å². The molecular weight excluding hydrogens is 196 g/mol. The first-order valence-corrected chi connectivity index (χ1v) is 4.52. The van der Waals surface area contributed by atoms with Crippen LogP contribution >= 0.6 is 0 Å². The van der Waals surface area contributed by atoms with E-state index < -0.39 is 12.0 Å². The smallest absolute Gasteiger partial charge is 0.325 e. The summed E-state index contributed by atoms with van der Waals surface area (Å²) in [6.07, 6.45) is 0. The number of carbonyl (C=O) groups is 1. The predicted molar refractivity (Wildman–Crippen MR) is 54.4 cm³/mol. The molecule has 0 saturated carbocycles. The highest BCUT2D eigenvalue weighted by molar-refractivity contribution is 5.75. The van der Waals surface area contributed by atoms with E-state index in [1.165, 1.54) is 0 Å². The molecule has 5 nitrogen and oxygen atoms in total. The van der Waals surface area contributed by atoms with Crippen LogP contribution in [0.15, 0.2) is 30.3 Å². The molecule has 0 fully saturated rings. The van der Waals surface area contributed by atoms with E-state index in [9.17, 15) is 4.79 Å². The molecule has 0 aliphatic rings. The fourth-order valence-corrected chi connectivity index (χ4v) is 1.01.